The Bertz CT molecular complexity index is 860. The number of nitrogens with zero attached hydrogens (tertiary/aromatic N) is 4. The van der Waals surface area contributed by atoms with Crippen LogP contribution in [-0.2, 0) is 4.74 Å². The summed E-state index contributed by atoms with van der Waals surface area (Å²) in [6, 6.07) is 12.1. The van der Waals surface area contributed by atoms with E-state index in [0.29, 0.717) is 0 Å². The maximum atomic E-state index is 5.37. The van der Waals surface area contributed by atoms with Gasteiger partial charge in [-0.3, -0.25) is 4.90 Å². The highest BCUT2D eigenvalue weighted by atomic mass is 16.5. The molecule has 2 aromatic heterocycles. The molecule has 1 aliphatic rings. The molecule has 0 aliphatic carbocycles. The van der Waals surface area contributed by atoms with Crippen molar-refractivity contribution in [3.8, 4) is 0 Å². The van der Waals surface area contributed by atoms with E-state index in [1.807, 2.05) is 30.3 Å². The van der Waals surface area contributed by atoms with Crippen molar-refractivity contribution in [1.29, 1.82) is 0 Å². The summed E-state index contributed by atoms with van der Waals surface area (Å²) in [5.41, 5.74) is 0. The van der Waals surface area contributed by atoms with E-state index in [4.69, 9.17) is 4.74 Å². The summed E-state index contributed by atoms with van der Waals surface area (Å²) in [6.07, 6.45) is 3.36. The van der Waals surface area contributed by atoms with Gasteiger partial charge in [0.25, 0.3) is 0 Å². The topological polar surface area (TPSA) is 75.2 Å². The molecule has 0 amide bonds. The third kappa shape index (κ3) is 4.07. The molecule has 7 heteroatoms. The molecule has 0 atom stereocenters. The normalized spacial score (nSPS) is 15.1. The fraction of sp³-hybridized carbons (Fsp3) is 0.316. The number of ether oxygens (including phenoxy) is 1. The Morgan fingerprint density at radius 2 is 1.85 bits per heavy atom. The van der Waals surface area contributed by atoms with Crippen LogP contribution in [-0.4, -0.2) is 59.2 Å². The van der Waals surface area contributed by atoms with Crippen molar-refractivity contribution in [2.45, 2.75) is 0 Å². The quantitative estimate of drug-likeness (QED) is 0.707. The SMILES string of the molecule is c1ccc2c(Nc3cc(NCCN4CCOCC4)ncn3)nccc2c1. The van der Waals surface area contributed by atoms with E-state index in [2.05, 4.69) is 36.6 Å². The number of morpholine rings is 1. The maximum Gasteiger partial charge on any atom is 0.139 e. The lowest BCUT2D eigenvalue weighted by molar-refractivity contribution is 0.0398. The number of rotatable bonds is 6. The Kier molecular flexibility index (Phi) is 5.18. The zero-order valence-corrected chi connectivity index (χ0v) is 14.6. The fourth-order valence-electron chi connectivity index (χ4n) is 3.03. The predicted octanol–water partition coefficient (Wildman–Crippen LogP) is 2.51. The number of hydrogen-bond donors (Lipinski definition) is 2. The highest BCUT2D eigenvalue weighted by Gasteiger charge is 2.09. The lowest BCUT2D eigenvalue weighted by atomic mass is 10.1. The first-order chi connectivity index (χ1) is 12.9. The van der Waals surface area contributed by atoms with E-state index in [0.717, 1.165) is 67.6 Å². The van der Waals surface area contributed by atoms with Crippen molar-refractivity contribution in [2.75, 3.05) is 50.0 Å². The molecule has 0 spiro atoms. The van der Waals surface area contributed by atoms with E-state index in [9.17, 15) is 0 Å². The number of aromatic nitrogens is 3. The van der Waals surface area contributed by atoms with Crippen molar-refractivity contribution in [1.82, 2.24) is 19.9 Å². The summed E-state index contributed by atoms with van der Waals surface area (Å²) >= 11 is 0. The third-order valence-corrected chi connectivity index (χ3v) is 4.43. The molecule has 3 heterocycles. The number of anilines is 3. The second-order valence-corrected chi connectivity index (χ2v) is 6.17. The lowest BCUT2D eigenvalue weighted by Gasteiger charge is -2.26. The van der Waals surface area contributed by atoms with Crippen molar-refractivity contribution >= 4 is 28.2 Å². The van der Waals surface area contributed by atoms with Gasteiger partial charge in [0.05, 0.1) is 13.2 Å². The highest BCUT2D eigenvalue weighted by molar-refractivity contribution is 5.92. The van der Waals surface area contributed by atoms with Crippen molar-refractivity contribution in [3.05, 3.63) is 48.9 Å². The summed E-state index contributed by atoms with van der Waals surface area (Å²) in [4.78, 5) is 15.4. The minimum absolute atomic E-state index is 0.720. The summed E-state index contributed by atoms with van der Waals surface area (Å²) < 4.78 is 5.37. The molecule has 7 nitrogen and oxygen atoms in total. The first kappa shape index (κ1) is 16.7. The maximum absolute atomic E-state index is 5.37. The van der Waals surface area contributed by atoms with Gasteiger partial charge in [0, 0.05) is 43.8 Å². The number of nitrogens with one attached hydrogen (secondary N) is 2. The van der Waals surface area contributed by atoms with E-state index in [-0.39, 0.29) is 0 Å². The van der Waals surface area contributed by atoms with Crippen LogP contribution >= 0.6 is 0 Å². The molecule has 0 bridgehead atoms. The molecule has 134 valence electrons. The smallest absolute Gasteiger partial charge is 0.139 e. The van der Waals surface area contributed by atoms with E-state index >= 15 is 0 Å². The van der Waals surface area contributed by atoms with E-state index in [1.54, 1.807) is 12.5 Å². The Morgan fingerprint density at radius 3 is 2.77 bits per heavy atom. The molecule has 3 aromatic rings. The summed E-state index contributed by atoms with van der Waals surface area (Å²) in [5, 5.41) is 8.87. The predicted molar refractivity (Wildman–Crippen MR) is 103 cm³/mol. The molecule has 4 rings (SSSR count). The van der Waals surface area contributed by atoms with Crippen LogP contribution in [0.3, 0.4) is 0 Å². The zero-order chi connectivity index (χ0) is 17.6. The Hall–Kier alpha value is -2.77. The van der Waals surface area contributed by atoms with Crippen LogP contribution in [0.25, 0.3) is 10.8 Å². The van der Waals surface area contributed by atoms with Gasteiger partial charge in [-0.1, -0.05) is 24.3 Å². The third-order valence-electron chi connectivity index (χ3n) is 4.43. The van der Waals surface area contributed by atoms with Crippen LogP contribution in [0.1, 0.15) is 0 Å². The first-order valence-electron chi connectivity index (χ1n) is 8.85. The Balaban J connectivity index is 1.40. The molecule has 1 saturated heterocycles. The zero-order valence-electron chi connectivity index (χ0n) is 14.6. The molecule has 26 heavy (non-hydrogen) atoms. The Labute approximate surface area is 152 Å². The van der Waals surface area contributed by atoms with Gasteiger partial charge in [-0.25, -0.2) is 15.0 Å². The van der Waals surface area contributed by atoms with Gasteiger partial charge in [0.1, 0.15) is 23.8 Å². The molecular formula is C19H22N6O. The average molecular weight is 350 g/mol. The number of fused-ring (bicyclic) bond motifs is 1. The van der Waals surface area contributed by atoms with E-state index < -0.39 is 0 Å². The largest absolute Gasteiger partial charge is 0.379 e. The van der Waals surface area contributed by atoms with Crippen molar-refractivity contribution in [2.24, 2.45) is 0 Å². The lowest BCUT2D eigenvalue weighted by Crippen LogP contribution is -2.39. The van der Waals surface area contributed by atoms with Gasteiger partial charge < -0.3 is 15.4 Å². The minimum atomic E-state index is 0.720. The van der Waals surface area contributed by atoms with Crippen molar-refractivity contribution in [3.63, 3.8) is 0 Å². The highest BCUT2D eigenvalue weighted by Crippen LogP contribution is 2.23. The van der Waals surface area contributed by atoms with Gasteiger partial charge in [-0.05, 0) is 11.5 Å². The summed E-state index contributed by atoms with van der Waals surface area (Å²) in [5.74, 6) is 2.31. The molecule has 0 saturated carbocycles. The standard InChI is InChI=1S/C19H22N6O/c1-2-4-16-15(3-1)5-6-21-19(16)24-18-13-17(22-14-23-18)20-7-8-25-9-11-26-12-10-25/h1-6,13-14H,7-12H2,(H2,20,21,22,23,24). The number of pyridine rings is 1. The number of hydrogen-bond acceptors (Lipinski definition) is 7. The van der Waals surface area contributed by atoms with Crippen LogP contribution < -0.4 is 10.6 Å². The average Bonchev–Trinajstić information content (AvgIpc) is 2.70. The molecule has 1 fully saturated rings. The van der Waals surface area contributed by atoms with Gasteiger partial charge >= 0.3 is 0 Å². The van der Waals surface area contributed by atoms with Gasteiger partial charge in [0.2, 0.25) is 0 Å². The second-order valence-electron chi connectivity index (χ2n) is 6.17. The van der Waals surface area contributed by atoms with Gasteiger partial charge in [-0.15, -0.1) is 0 Å². The van der Waals surface area contributed by atoms with Crippen LogP contribution in [0, 0.1) is 0 Å². The molecule has 1 aliphatic heterocycles. The van der Waals surface area contributed by atoms with Gasteiger partial charge in [0.15, 0.2) is 0 Å². The molecule has 2 N–H and O–H groups in total. The van der Waals surface area contributed by atoms with E-state index in [1.165, 1.54) is 0 Å². The van der Waals surface area contributed by atoms with Crippen molar-refractivity contribution < 1.29 is 4.74 Å². The minimum Gasteiger partial charge on any atom is -0.379 e. The second kappa shape index (κ2) is 8.07. The summed E-state index contributed by atoms with van der Waals surface area (Å²) in [6.45, 7) is 5.43. The Morgan fingerprint density at radius 1 is 1.00 bits per heavy atom. The molecule has 0 radical (unpaired) electrons. The monoisotopic (exact) mass is 350 g/mol. The van der Waals surface area contributed by atoms with Gasteiger partial charge in [-0.2, -0.15) is 0 Å². The molecule has 0 unspecified atom stereocenters. The molecular weight excluding hydrogens is 328 g/mol. The summed E-state index contributed by atoms with van der Waals surface area (Å²) in [7, 11) is 0. The van der Waals surface area contributed by atoms with Crippen LogP contribution in [0.2, 0.25) is 0 Å². The fourth-order valence-corrected chi connectivity index (χ4v) is 3.03. The molecule has 1 aromatic carbocycles. The van der Waals surface area contributed by atoms with Crippen LogP contribution in [0.15, 0.2) is 48.9 Å². The van der Waals surface area contributed by atoms with Crippen LogP contribution in [0.5, 0.6) is 0 Å². The first-order valence-corrected chi connectivity index (χ1v) is 8.85. The number of benzene rings is 1. The van der Waals surface area contributed by atoms with Crippen LogP contribution in [0.4, 0.5) is 17.5 Å².